The summed E-state index contributed by atoms with van der Waals surface area (Å²) < 4.78 is 2.37. The highest BCUT2D eigenvalue weighted by Gasteiger charge is 2.19. The highest BCUT2D eigenvalue weighted by Crippen LogP contribution is 2.45. The van der Waals surface area contributed by atoms with Gasteiger partial charge in [-0.05, 0) is 161 Å². The summed E-state index contributed by atoms with van der Waals surface area (Å²) in [7, 11) is 0. The quantitative estimate of drug-likeness (QED) is 0.131. The third-order valence-corrected chi connectivity index (χ3v) is 15.0. The van der Waals surface area contributed by atoms with E-state index >= 15 is 0 Å². The number of nitrogens with zero attached hydrogens (tertiary/aromatic N) is 2. The molecule has 1 aromatic heterocycles. The van der Waals surface area contributed by atoms with Crippen LogP contribution in [0.5, 0.6) is 0 Å². The molecular formula is C72H48N2. The Balaban J connectivity index is 0.848. The minimum Gasteiger partial charge on any atom is -0.311 e. The molecular weight excluding hydrogens is 893 g/mol. The van der Waals surface area contributed by atoms with Gasteiger partial charge in [0, 0.05) is 33.5 Å². The standard InChI is InChI=1S/C72H48N2/c1-3-16-54(17-4-1)71-64-22-9-11-24-66(64)72(67-25-12-10-23-65(67)71)55-37-44-62(45-38-55)73(60-40-33-51(34-41-60)50-27-29-52(30-28-50)57-32-31-49-15-7-8-18-56(49)47-57)61-42-35-53(36-43-61)58-39-46-70-68(48-58)63-21-13-14-26-69(63)74(70)59-19-5-2-6-20-59/h1-48H. The van der Waals surface area contributed by atoms with Crippen LogP contribution < -0.4 is 4.90 Å². The molecule has 0 amide bonds. The number of anilines is 3. The molecule has 14 rings (SSSR count). The van der Waals surface area contributed by atoms with Gasteiger partial charge in [-0.2, -0.15) is 0 Å². The fourth-order valence-corrected chi connectivity index (χ4v) is 11.4. The molecule has 14 aromatic rings. The van der Waals surface area contributed by atoms with Crippen LogP contribution in [-0.4, -0.2) is 4.57 Å². The highest BCUT2D eigenvalue weighted by atomic mass is 15.1. The van der Waals surface area contributed by atoms with Gasteiger partial charge >= 0.3 is 0 Å². The van der Waals surface area contributed by atoms with Crippen molar-refractivity contribution in [3.05, 3.63) is 291 Å². The molecule has 0 aliphatic rings. The van der Waals surface area contributed by atoms with Crippen molar-refractivity contribution in [3.63, 3.8) is 0 Å². The lowest BCUT2D eigenvalue weighted by molar-refractivity contribution is 1.18. The van der Waals surface area contributed by atoms with Crippen LogP contribution in [0.2, 0.25) is 0 Å². The molecule has 2 heteroatoms. The molecule has 0 aliphatic carbocycles. The lowest BCUT2D eigenvalue weighted by Gasteiger charge is -2.26. The van der Waals surface area contributed by atoms with Crippen LogP contribution in [-0.2, 0) is 0 Å². The van der Waals surface area contributed by atoms with Crippen LogP contribution in [0.15, 0.2) is 291 Å². The van der Waals surface area contributed by atoms with Gasteiger partial charge in [0.2, 0.25) is 0 Å². The lowest BCUT2D eigenvalue weighted by atomic mass is 9.86. The number of para-hydroxylation sites is 2. The lowest BCUT2D eigenvalue weighted by Crippen LogP contribution is -2.09. The van der Waals surface area contributed by atoms with Gasteiger partial charge in [-0.1, -0.05) is 218 Å². The van der Waals surface area contributed by atoms with E-state index in [0.29, 0.717) is 0 Å². The zero-order valence-corrected chi connectivity index (χ0v) is 40.6. The van der Waals surface area contributed by atoms with E-state index in [-0.39, 0.29) is 0 Å². The summed E-state index contributed by atoms with van der Waals surface area (Å²) in [5, 5.41) is 9.99. The molecule has 0 N–H and O–H groups in total. The Labute approximate surface area is 430 Å². The first-order valence-corrected chi connectivity index (χ1v) is 25.5. The van der Waals surface area contributed by atoms with Crippen molar-refractivity contribution in [1.29, 1.82) is 0 Å². The van der Waals surface area contributed by atoms with Crippen LogP contribution in [0.1, 0.15) is 0 Å². The molecule has 0 bridgehead atoms. The van der Waals surface area contributed by atoms with Crippen molar-refractivity contribution in [2.24, 2.45) is 0 Å². The Morgan fingerprint density at radius 1 is 0.216 bits per heavy atom. The van der Waals surface area contributed by atoms with Gasteiger partial charge in [0.1, 0.15) is 0 Å². The highest BCUT2D eigenvalue weighted by molar-refractivity contribution is 6.21. The first-order chi connectivity index (χ1) is 36.7. The second kappa shape index (κ2) is 18.1. The van der Waals surface area contributed by atoms with Crippen LogP contribution >= 0.6 is 0 Å². The van der Waals surface area contributed by atoms with E-state index in [2.05, 4.69) is 301 Å². The fraction of sp³-hybridized carbons (Fsp3) is 0. The summed E-state index contributed by atoms with van der Waals surface area (Å²) in [5.74, 6) is 0. The minimum absolute atomic E-state index is 1.08. The largest absolute Gasteiger partial charge is 0.311 e. The second-order valence-corrected chi connectivity index (χ2v) is 19.2. The minimum atomic E-state index is 1.08. The molecule has 0 fully saturated rings. The maximum atomic E-state index is 2.38. The van der Waals surface area contributed by atoms with Gasteiger partial charge in [0.25, 0.3) is 0 Å². The number of hydrogen-bond donors (Lipinski definition) is 0. The Hall–Kier alpha value is -9.76. The van der Waals surface area contributed by atoms with Crippen molar-refractivity contribution in [3.8, 4) is 61.3 Å². The first-order valence-electron chi connectivity index (χ1n) is 25.5. The maximum absolute atomic E-state index is 2.38. The van der Waals surface area contributed by atoms with Crippen molar-refractivity contribution < 1.29 is 0 Å². The molecule has 74 heavy (non-hydrogen) atoms. The Bertz CT molecular complexity index is 4310. The van der Waals surface area contributed by atoms with Gasteiger partial charge in [-0.25, -0.2) is 0 Å². The molecule has 0 saturated carbocycles. The average molecular weight is 941 g/mol. The first kappa shape index (κ1) is 43.1. The monoisotopic (exact) mass is 940 g/mol. The summed E-state index contributed by atoms with van der Waals surface area (Å²) in [4.78, 5) is 2.38. The summed E-state index contributed by atoms with van der Waals surface area (Å²) in [5.41, 5.74) is 18.9. The van der Waals surface area contributed by atoms with Gasteiger partial charge in [0.05, 0.1) is 11.0 Å². The third kappa shape index (κ3) is 7.52. The van der Waals surface area contributed by atoms with E-state index in [1.54, 1.807) is 0 Å². The molecule has 2 nitrogen and oxygen atoms in total. The van der Waals surface area contributed by atoms with E-state index in [1.165, 1.54) is 110 Å². The summed E-state index contributed by atoms with van der Waals surface area (Å²) in [6, 6.07) is 106. The zero-order chi connectivity index (χ0) is 49.0. The number of rotatable bonds is 9. The van der Waals surface area contributed by atoms with Crippen molar-refractivity contribution >= 4 is 71.2 Å². The molecule has 0 unspecified atom stereocenters. The smallest absolute Gasteiger partial charge is 0.0541 e. The van der Waals surface area contributed by atoms with E-state index in [4.69, 9.17) is 0 Å². The van der Waals surface area contributed by atoms with Gasteiger partial charge < -0.3 is 9.47 Å². The Kier molecular flexibility index (Phi) is 10.6. The van der Waals surface area contributed by atoms with Crippen LogP contribution in [0.4, 0.5) is 17.1 Å². The van der Waals surface area contributed by atoms with E-state index in [1.807, 2.05) is 0 Å². The maximum Gasteiger partial charge on any atom is 0.0541 e. The van der Waals surface area contributed by atoms with Crippen LogP contribution in [0.25, 0.3) is 115 Å². The number of benzene rings is 13. The van der Waals surface area contributed by atoms with Gasteiger partial charge in [-0.3, -0.25) is 0 Å². The molecule has 1 heterocycles. The third-order valence-electron chi connectivity index (χ3n) is 15.0. The number of fused-ring (bicyclic) bond motifs is 6. The topological polar surface area (TPSA) is 8.17 Å². The van der Waals surface area contributed by atoms with Gasteiger partial charge in [-0.15, -0.1) is 0 Å². The SMILES string of the molecule is c1ccc(-c2c3ccccc3c(-c3ccc(N(c4ccc(-c5ccc(-c6ccc7ccccc7c6)cc5)cc4)c4ccc(-c5ccc6c(c5)c5ccccc5n6-c5ccccc5)cc4)cc3)c3ccccc23)cc1. The molecule has 0 aliphatic heterocycles. The predicted molar refractivity (Wildman–Crippen MR) is 315 cm³/mol. The van der Waals surface area contributed by atoms with E-state index in [9.17, 15) is 0 Å². The molecule has 0 atom stereocenters. The van der Waals surface area contributed by atoms with Crippen molar-refractivity contribution in [2.75, 3.05) is 4.90 Å². The number of hydrogen-bond acceptors (Lipinski definition) is 1. The van der Waals surface area contributed by atoms with E-state index in [0.717, 1.165) is 22.7 Å². The van der Waals surface area contributed by atoms with Crippen LogP contribution in [0, 0.1) is 0 Å². The molecule has 13 aromatic carbocycles. The Morgan fingerprint density at radius 3 is 1.14 bits per heavy atom. The van der Waals surface area contributed by atoms with Crippen molar-refractivity contribution in [1.82, 2.24) is 4.57 Å². The van der Waals surface area contributed by atoms with Crippen molar-refractivity contribution in [2.45, 2.75) is 0 Å². The molecule has 0 saturated heterocycles. The Morgan fingerprint density at radius 2 is 0.581 bits per heavy atom. The zero-order valence-electron chi connectivity index (χ0n) is 40.6. The molecule has 346 valence electrons. The molecule has 0 spiro atoms. The fourth-order valence-electron chi connectivity index (χ4n) is 11.4. The number of aromatic nitrogens is 1. The molecule has 0 radical (unpaired) electrons. The summed E-state index contributed by atoms with van der Waals surface area (Å²) in [6.45, 7) is 0. The average Bonchev–Trinajstić information content (AvgIpc) is 3.83. The normalized spacial score (nSPS) is 11.5. The summed E-state index contributed by atoms with van der Waals surface area (Å²) >= 11 is 0. The second-order valence-electron chi connectivity index (χ2n) is 19.2. The van der Waals surface area contributed by atoms with Gasteiger partial charge in [0.15, 0.2) is 0 Å². The van der Waals surface area contributed by atoms with E-state index < -0.39 is 0 Å². The summed E-state index contributed by atoms with van der Waals surface area (Å²) in [6.07, 6.45) is 0. The predicted octanol–water partition coefficient (Wildman–Crippen LogP) is 20.0. The van der Waals surface area contributed by atoms with Crippen LogP contribution in [0.3, 0.4) is 0 Å².